The first-order chi connectivity index (χ1) is 13.2. The van der Waals surface area contributed by atoms with Gasteiger partial charge in [0.05, 0.1) is 26.1 Å². The van der Waals surface area contributed by atoms with E-state index in [0.717, 1.165) is 18.4 Å². The molecule has 2 saturated heterocycles. The number of rotatable bonds is 6. The number of aromatic nitrogens is 1. The summed E-state index contributed by atoms with van der Waals surface area (Å²) in [6.07, 6.45) is 3.63. The van der Waals surface area contributed by atoms with E-state index in [4.69, 9.17) is 9.47 Å². The van der Waals surface area contributed by atoms with E-state index in [1.54, 1.807) is 0 Å². The van der Waals surface area contributed by atoms with Gasteiger partial charge in [-0.25, -0.2) is 9.37 Å². The van der Waals surface area contributed by atoms with Crippen molar-refractivity contribution in [2.45, 2.75) is 24.9 Å². The van der Waals surface area contributed by atoms with Gasteiger partial charge in [0.2, 0.25) is 11.8 Å². The second kappa shape index (κ2) is 7.64. The Kier molecular flexibility index (Phi) is 5.07. The van der Waals surface area contributed by atoms with Crippen LogP contribution in [0.25, 0.3) is 0 Å². The van der Waals surface area contributed by atoms with E-state index >= 15 is 0 Å². The number of pyridine rings is 1. The van der Waals surface area contributed by atoms with Gasteiger partial charge in [-0.1, -0.05) is 30.3 Å². The molecule has 0 saturated carbocycles. The number of hydrogen-bond donors (Lipinski definition) is 0. The van der Waals surface area contributed by atoms with Gasteiger partial charge in [0.15, 0.2) is 5.82 Å². The Morgan fingerprint density at radius 2 is 2.07 bits per heavy atom. The van der Waals surface area contributed by atoms with Gasteiger partial charge in [0, 0.05) is 12.8 Å². The van der Waals surface area contributed by atoms with E-state index in [-0.39, 0.29) is 17.4 Å². The molecular weight excluding hydrogens is 347 g/mol. The maximum Gasteiger partial charge on any atom is 0.250 e. The molecule has 3 heterocycles. The topological polar surface area (TPSA) is 51.7 Å². The molecule has 0 N–H and O–H groups in total. The Morgan fingerprint density at radius 1 is 1.26 bits per heavy atom. The van der Waals surface area contributed by atoms with Gasteiger partial charge in [-0.15, -0.1) is 0 Å². The summed E-state index contributed by atoms with van der Waals surface area (Å²) in [6, 6.07) is 12.7. The minimum absolute atomic E-state index is 0.0405. The van der Waals surface area contributed by atoms with E-state index in [1.807, 2.05) is 35.2 Å². The predicted molar refractivity (Wildman–Crippen MR) is 97.8 cm³/mol. The van der Waals surface area contributed by atoms with Crippen molar-refractivity contribution in [1.82, 2.24) is 9.88 Å². The summed E-state index contributed by atoms with van der Waals surface area (Å²) in [5.74, 6) is 0.0351. The molecule has 27 heavy (non-hydrogen) atoms. The Hall–Kier alpha value is -2.47. The summed E-state index contributed by atoms with van der Waals surface area (Å²) in [5, 5.41) is 0. The van der Waals surface area contributed by atoms with Crippen molar-refractivity contribution in [3.05, 3.63) is 60.0 Å². The Bertz CT molecular complexity index is 793. The van der Waals surface area contributed by atoms with E-state index in [9.17, 15) is 9.18 Å². The van der Waals surface area contributed by atoms with Crippen LogP contribution in [0.5, 0.6) is 5.88 Å². The molecule has 0 radical (unpaired) electrons. The van der Waals surface area contributed by atoms with Gasteiger partial charge in [-0.05, 0) is 36.5 Å². The Labute approximate surface area is 158 Å². The van der Waals surface area contributed by atoms with Crippen molar-refractivity contribution in [2.24, 2.45) is 5.92 Å². The second-order valence-corrected chi connectivity index (χ2v) is 7.24. The quantitative estimate of drug-likeness (QED) is 0.785. The van der Waals surface area contributed by atoms with Crippen molar-refractivity contribution in [2.75, 3.05) is 26.3 Å². The predicted octanol–water partition coefficient (Wildman–Crippen LogP) is 2.85. The molecule has 1 atom stereocenters. The fraction of sp³-hybridized carbons (Fsp3) is 0.429. The van der Waals surface area contributed by atoms with Crippen LogP contribution in [0.1, 0.15) is 18.4 Å². The summed E-state index contributed by atoms with van der Waals surface area (Å²) in [6.45, 7) is 2.34. The molecule has 1 spiro atoms. The lowest BCUT2D eigenvalue weighted by Gasteiger charge is -2.50. The Balaban J connectivity index is 1.28. The molecule has 4 rings (SSSR count). The molecule has 0 aliphatic carbocycles. The van der Waals surface area contributed by atoms with Gasteiger partial charge in [0.25, 0.3) is 0 Å². The van der Waals surface area contributed by atoms with Crippen LogP contribution in [0.4, 0.5) is 4.39 Å². The molecule has 1 aromatic carbocycles. The summed E-state index contributed by atoms with van der Waals surface area (Å²) in [7, 11) is 0. The number of amides is 1. The van der Waals surface area contributed by atoms with E-state index < -0.39 is 5.82 Å². The smallest absolute Gasteiger partial charge is 0.250 e. The molecule has 1 amide bonds. The number of carbonyl (C=O) groups is 1. The average Bonchev–Trinajstić information content (AvgIpc) is 3.07. The molecule has 0 unspecified atom stereocenters. The monoisotopic (exact) mass is 370 g/mol. The van der Waals surface area contributed by atoms with E-state index in [0.29, 0.717) is 38.6 Å². The normalized spacial score (nSPS) is 20.5. The van der Waals surface area contributed by atoms with Crippen LogP contribution >= 0.6 is 0 Å². The largest absolute Gasteiger partial charge is 0.476 e. The zero-order valence-corrected chi connectivity index (χ0v) is 15.1. The maximum atomic E-state index is 13.6. The van der Waals surface area contributed by atoms with Crippen molar-refractivity contribution < 1.29 is 18.7 Å². The fourth-order valence-electron chi connectivity index (χ4n) is 3.98. The minimum atomic E-state index is -0.448. The van der Waals surface area contributed by atoms with Crippen LogP contribution in [0.15, 0.2) is 48.7 Å². The molecule has 2 aromatic rings. The minimum Gasteiger partial charge on any atom is -0.476 e. The molecule has 142 valence electrons. The van der Waals surface area contributed by atoms with Crippen LogP contribution in [0.2, 0.25) is 0 Å². The highest BCUT2D eigenvalue weighted by Gasteiger charge is 2.53. The van der Waals surface area contributed by atoms with Gasteiger partial charge < -0.3 is 14.4 Å². The summed E-state index contributed by atoms with van der Waals surface area (Å²) in [5.41, 5.74) is 0.761. The zero-order valence-electron chi connectivity index (χ0n) is 15.1. The number of nitrogens with zero attached hydrogens (tertiary/aromatic N) is 2. The lowest BCUT2D eigenvalue weighted by molar-refractivity contribution is -0.165. The SMILES string of the molecule is O=C(Cc1ccccc1)N1CC2(C1)OCC[C@H]2CCOc1ncccc1F. The average molecular weight is 370 g/mol. The maximum absolute atomic E-state index is 13.6. The van der Waals surface area contributed by atoms with Gasteiger partial charge in [0.1, 0.15) is 5.60 Å². The highest BCUT2D eigenvalue weighted by molar-refractivity contribution is 5.80. The summed E-state index contributed by atoms with van der Waals surface area (Å²) >= 11 is 0. The fourth-order valence-corrected chi connectivity index (χ4v) is 3.98. The molecule has 2 fully saturated rings. The lowest BCUT2D eigenvalue weighted by atomic mass is 9.79. The van der Waals surface area contributed by atoms with Crippen LogP contribution in [-0.4, -0.2) is 47.7 Å². The lowest BCUT2D eigenvalue weighted by Crippen LogP contribution is -2.66. The zero-order chi connectivity index (χ0) is 18.7. The third-order valence-electron chi connectivity index (χ3n) is 5.50. The highest BCUT2D eigenvalue weighted by atomic mass is 19.1. The number of ether oxygens (including phenoxy) is 2. The van der Waals surface area contributed by atoms with E-state index in [1.165, 1.54) is 18.3 Å². The van der Waals surface area contributed by atoms with Crippen molar-refractivity contribution in [3.63, 3.8) is 0 Å². The number of halogens is 1. The molecule has 2 aliphatic heterocycles. The number of hydrogen-bond acceptors (Lipinski definition) is 4. The van der Waals surface area contributed by atoms with Gasteiger partial charge in [-0.3, -0.25) is 4.79 Å². The second-order valence-electron chi connectivity index (χ2n) is 7.24. The molecule has 2 aliphatic rings. The van der Waals surface area contributed by atoms with Crippen LogP contribution < -0.4 is 4.74 Å². The van der Waals surface area contributed by atoms with Crippen LogP contribution in [0.3, 0.4) is 0 Å². The molecule has 6 heteroatoms. The first-order valence-electron chi connectivity index (χ1n) is 9.35. The van der Waals surface area contributed by atoms with Crippen molar-refractivity contribution in [3.8, 4) is 5.88 Å². The third kappa shape index (κ3) is 3.81. The molecular formula is C21H23FN2O3. The van der Waals surface area contributed by atoms with Gasteiger partial charge >= 0.3 is 0 Å². The van der Waals surface area contributed by atoms with Crippen molar-refractivity contribution >= 4 is 5.91 Å². The summed E-state index contributed by atoms with van der Waals surface area (Å²) < 4.78 is 25.1. The van der Waals surface area contributed by atoms with E-state index in [2.05, 4.69) is 4.98 Å². The van der Waals surface area contributed by atoms with Crippen LogP contribution in [-0.2, 0) is 16.0 Å². The van der Waals surface area contributed by atoms with Gasteiger partial charge in [-0.2, -0.15) is 0 Å². The first-order valence-corrected chi connectivity index (χ1v) is 9.35. The summed E-state index contributed by atoms with van der Waals surface area (Å²) in [4.78, 5) is 18.2. The standard InChI is InChI=1S/C21H23FN2O3/c22-18-7-4-10-23-20(18)26-11-8-17-9-12-27-21(17)14-24(15-21)19(25)13-16-5-2-1-3-6-16/h1-7,10,17H,8-9,11-15H2/t17-/m1/s1. The van der Waals surface area contributed by atoms with Crippen LogP contribution in [0, 0.1) is 11.7 Å². The number of carbonyl (C=O) groups excluding carboxylic acids is 1. The molecule has 1 aromatic heterocycles. The third-order valence-corrected chi connectivity index (χ3v) is 5.50. The number of benzene rings is 1. The molecule has 5 nitrogen and oxygen atoms in total. The first kappa shape index (κ1) is 17.9. The number of likely N-dealkylation sites (tertiary alicyclic amines) is 1. The Morgan fingerprint density at radius 3 is 2.85 bits per heavy atom. The molecule has 0 bridgehead atoms. The van der Waals surface area contributed by atoms with Crippen molar-refractivity contribution in [1.29, 1.82) is 0 Å². The highest BCUT2D eigenvalue weighted by Crippen LogP contribution is 2.41.